The summed E-state index contributed by atoms with van der Waals surface area (Å²) in [7, 11) is -1.58. The molecule has 1 aromatic rings. The number of nitrogens with one attached hydrogen (secondary N) is 1. The van der Waals surface area contributed by atoms with Gasteiger partial charge in [0.2, 0.25) is 10.0 Å². The van der Waals surface area contributed by atoms with Gasteiger partial charge in [-0.1, -0.05) is 25.7 Å². The predicted octanol–water partition coefficient (Wildman–Crippen LogP) is 1.34. The third kappa shape index (κ3) is 3.58. The summed E-state index contributed by atoms with van der Waals surface area (Å²) in [5.41, 5.74) is 6.37. The molecule has 5 nitrogen and oxygen atoms in total. The van der Waals surface area contributed by atoms with Gasteiger partial charge in [0.05, 0.1) is 4.90 Å². The van der Waals surface area contributed by atoms with Crippen LogP contribution in [-0.4, -0.2) is 19.5 Å². The summed E-state index contributed by atoms with van der Waals surface area (Å²) in [5.74, 6) is 0.693. The van der Waals surface area contributed by atoms with Crippen LogP contribution in [0.2, 0.25) is 0 Å². The number of aromatic nitrogens is 1. The van der Waals surface area contributed by atoms with E-state index in [1.165, 1.54) is 25.7 Å². The van der Waals surface area contributed by atoms with Crippen molar-refractivity contribution in [3.8, 4) is 0 Å². The molecule has 0 radical (unpaired) electrons. The molecule has 3 N–H and O–H groups in total. The van der Waals surface area contributed by atoms with Crippen LogP contribution in [0.15, 0.2) is 17.2 Å². The fourth-order valence-electron chi connectivity index (χ4n) is 2.71. The molecule has 108 valence electrons. The molecule has 1 saturated carbocycles. The van der Waals surface area contributed by atoms with Crippen LogP contribution in [0.25, 0.3) is 0 Å². The van der Waals surface area contributed by atoms with Crippen molar-refractivity contribution in [3.63, 3.8) is 0 Å². The number of nitrogens with two attached hydrogens (primary N) is 1. The van der Waals surface area contributed by atoms with Gasteiger partial charge in [0.1, 0.15) is 0 Å². The van der Waals surface area contributed by atoms with Crippen molar-refractivity contribution in [2.24, 2.45) is 18.7 Å². The minimum Gasteiger partial charge on any atom is -0.352 e. The van der Waals surface area contributed by atoms with E-state index in [0.717, 1.165) is 12.1 Å². The van der Waals surface area contributed by atoms with E-state index in [-0.39, 0.29) is 0 Å². The van der Waals surface area contributed by atoms with E-state index >= 15 is 0 Å². The predicted molar refractivity (Wildman–Crippen MR) is 75.1 cm³/mol. The molecule has 6 heteroatoms. The summed E-state index contributed by atoms with van der Waals surface area (Å²) >= 11 is 0. The van der Waals surface area contributed by atoms with Crippen molar-refractivity contribution in [1.82, 2.24) is 9.29 Å². The van der Waals surface area contributed by atoms with Crippen molar-refractivity contribution in [2.75, 3.05) is 6.54 Å². The van der Waals surface area contributed by atoms with Crippen LogP contribution < -0.4 is 10.5 Å². The molecule has 0 saturated heterocycles. The Hall–Kier alpha value is -0.850. The van der Waals surface area contributed by atoms with Crippen molar-refractivity contribution >= 4 is 10.0 Å². The van der Waals surface area contributed by atoms with Crippen molar-refractivity contribution in [1.29, 1.82) is 0 Å². The zero-order valence-electron chi connectivity index (χ0n) is 11.4. The van der Waals surface area contributed by atoms with Crippen LogP contribution in [0.3, 0.4) is 0 Å². The minimum atomic E-state index is -3.39. The fourth-order valence-corrected chi connectivity index (χ4v) is 3.85. The average Bonchev–Trinajstić information content (AvgIpc) is 2.98. The second-order valence-electron chi connectivity index (χ2n) is 5.32. The van der Waals surface area contributed by atoms with Crippen LogP contribution in [0.5, 0.6) is 0 Å². The maximum atomic E-state index is 12.1. The van der Waals surface area contributed by atoms with Gasteiger partial charge in [-0.3, -0.25) is 0 Å². The molecule has 0 bridgehead atoms. The van der Waals surface area contributed by atoms with Gasteiger partial charge < -0.3 is 10.3 Å². The van der Waals surface area contributed by atoms with Gasteiger partial charge in [-0.05, 0) is 18.4 Å². The Morgan fingerprint density at radius 3 is 2.68 bits per heavy atom. The SMILES string of the molecule is Cn1cc(S(=O)(=O)NCCC2CCCC2)cc1CN. The molecule has 19 heavy (non-hydrogen) atoms. The fraction of sp³-hybridized carbons (Fsp3) is 0.692. The standard InChI is InChI=1S/C13H23N3O2S/c1-16-10-13(8-12(16)9-14)19(17,18)15-7-6-11-4-2-3-5-11/h8,10-11,15H,2-7,9,14H2,1H3. The van der Waals surface area contributed by atoms with Gasteiger partial charge in [0.15, 0.2) is 0 Å². The molecule has 1 fully saturated rings. The number of aryl methyl sites for hydroxylation is 1. The Bertz CT molecular complexity index is 516. The third-order valence-corrected chi connectivity index (χ3v) is 5.35. The molecule has 1 aliphatic carbocycles. The Morgan fingerprint density at radius 1 is 1.42 bits per heavy atom. The van der Waals surface area contributed by atoms with Crippen LogP contribution in [0.4, 0.5) is 0 Å². The lowest BCUT2D eigenvalue weighted by atomic mass is 10.1. The van der Waals surface area contributed by atoms with Crippen molar-refractivity contribution in [3.05, 3.63) is 18.0 Å². The van der Waals surface area contributed by atoms with E-state index < -0.39 is 10.0 Å². The molecule has 1 aromatic heterocycles. The first kappa shape index (κ1) is 14.6. The third-order valence-electron chi connectivity index (χ3n) is 3.92. The Balaban J connectivity index is 1.93. The lowest BCUT2D eigenvalue weighted by Crippen LogP contribution is -2.25. The van der Waals surface area contributed by atoms with Gasteiger partial charge in [-0.15, -0.1) is 0 Å². The molecule has 0 atom stereocenters. The van der Waals surface area contributed by atoms with Gasteiger partial charge >= 0.3 is 0 Å². The van der Waals surface area contributed by atoms with Crippen molar-refractivity contribution in [2.45, 2.75) is 43.5 Å². The topological polar surface area (TPSA) is 77.1 Å². The monoisotopic (exact) mass is 285 g/mol. The second kappa shape index (κ2) is 6.07. The number of sulfonamides is 1. The Labute approximate surface area is 115 Å². The highest BCUT2D eigenvalue weighted by molar-refractivity contribution is 7.89. The van der Waals surface area contributed by atoms with E-state index in [1.807, 2.05) is 0 Å². The quantitative estimate of drug-likeness (QED) is 0.828. The maximum Gasteiger partial charge on any atom is 0.242 e. The normalized spacial score (nSPS) is 17.2. The number of rotatable bonds is 6. The molecular formula is C13H23N3O2S. The summed E-state index contributed by atoms with van der Waals surface area (Å²) in [4.78, 5) is 0.307. The molecular weight excluding hydrogens is 262 g/mol. The van der Waals surface area contributed by atoms with Crippen molar-refractivity contribution < 1.29 is 8.42 Å². The zero-order chi connectivity index (χ0) is 13.9. The summed E-state index contributed by atoms with van der Waals surface area (Å²) in [6.07, 6.45) is 7.61. The van der Waals surface area contributed by atoms with E-state index in [2.05, 4.69) is 4.72 Å². The average molecular weight is 285 g/mol. The Kier molecular flexibility index (Phi) is 4.65. The lowest BCUT2D eigenvalue weighted by molar-refractivity contribution is 0.495. The first-order chi connectivity index (χ1) is 9.03. The number of nitrogens with zero attached hydrogens (tertiary/aromatic N) is 1. The van der Waals surface area contributed by atoms with Gasteiger partial charge in [0, 0.05) is 32.0 Å². The highest BCUT2D eigenvalue weighted by atomic mass is 32.2. The molecule has 0 spiro atoms. The van der Waals surface area contributed by atoms with E-state index in [4.69, 9.17) is 5.73 Å². The molecule has 1 aliphatic rings. The maximum absolute atomic E-state index is 12.1. The minimum absolute atomic E-state index is 0.307. The first-order valence-corrected chi connectivity index (χ1v) is 8.36. The van der Waals surface area contributed by atoms with Crippen LogP contribution >= 0.6 is 0 Å². The van der Waals surface area contributed by atoms with E-state index in [9.17, 15) is 8.42 Å². The number of hydrogen-bond acceptors (Lipinski definition) is 3. The second-order valence-corrected chi connectivity index (χ2v) is 7.09. The lowest BCUT2D eigenvalue weighted by Gasteiger charge is -2.09. The highest BCUT2D eigenvalue weighted by Crippen LogP contribution is 2.27. The summed E-state index contributed by atoms with van der Waals surface area (Å²) in [5, 5.41) is 0. The smallest absolute Gasteiger partial charge is 0.242 e. The summed E-state index contributed by atoms with van der Waals surface area (Å²) in [6.45, 7) is 0.869. The molecule has 0 aliphatic heterocycles. The van der Waals surface area contributed by atoms with Gasteiger partial charge in [-0.2, -0.15) is 0 Å². The Morgan fingerprint density at radius 2 is 2.11 bits per heavy atom. The summed E-state index contributed by atoms with van der Waals surface area (Å²) in [6, 6.07) is 1.64. The largest absolute Gasteiger partial charge is 0.352 e. The van der Waals surface area contributed by atoms with Gasteiger partial charge in [-0.25, -0.2) is 13.1 Å². The number of hydrogen-bond donors (Lipinski definition) is 2. The highest BCUT2D eigenvalue weighted by Gasteiger charge is 2.19. The molecule has 0 unspecified atom stereocenters. The summed E-state index contributed by atoms with van der Waals surface area (Å²) < 4.78 is 28.7. The molecule has 0 amide bonds. The molecule has 2 rings (SSSR count). The zero-order valence-corrected chi connectivity index (χ0v) is 12.2. The first-order valence-electron chi connectivity index (χ1n) is 6.88. The van der Waals surface area contributed by atoms with E-state index in [0.29, 0.717) is 23.9 Å². The van der Waals surface area contributed by atoms with Crippen LogP contribution in [0, 0.1) is 5.92 Å². The van der Waals surface area contributed by atoms with Crippen LogP contribution in [-0.2, 0) is 23.6 Å². The van der Waals surface area contributed by atoms with Crippen LogP contribution in [0.1, 0.15) is 37.8 Å². The van der Waals surface area contributed by atoms with Gasteiger partial charge in [0.25, 0.3) is 0 Å². The van der Waals surface area contributed by atoms with E-state index in [1.54, 1.807) is 23.9 Å². The molecule has 1 heterocycles. The molecule has 0 aromatic carbocycles.